The SMILES string of the molecule is CC(=O)OCCSC[C@@H]1C[C@H](SC(C)=O)CN1C(=O)OCc1ccc([N+](=O)[O-])cc1. The Kier molecular flexibility index (Phi) is 9.44. The minimum absolute atomic E-state index is 0.00218. The molecule has 11 heteroatoms. The number of nitro groups is 1. The highest BCUT2D eigenvalue weighted by Crippen LogP contribution is 2.30. The molecule has 1 saturated heterocycles. The molecule has 1 aromatic carbocycles. The summed E-state index contributed by atoms with van der Waals surface area (Å²) < 4.78 is 10.3. The number of hydrogen-bond donors (Lipinski definition) is 0. The van der Waals surface area contributed by atoms with Crippen LogP contribution in [0.4, 0.5) is 10.5 Å². The zero-order valence-electron chi connectivity index (χ0n) is 16.8. The zero-order valence-corrected chi connectivity index (χ0v) is 18.4. The molecule has 0 radical (unpaired) electrons. The van der Waals surface area contributed by atoms with Crippen LogP contribution in [0.1, 0.15) is 25.8 Å². The Morgan fingerprint density at radius 2 is 1.90 bits per heavy atom. The third-order valence-electron chi connectivity index (χ3n) is 4.30. The molecular weight excluding hydrogens is 432 g/mol. The van der Waals surface area contributed by atoms with Crippen LogP contribution in [0.5, 0.6) is 0 Å². The fourth-order valence-electron chi connectivity index (χ4n) is 2.98. The summed E-state index contributed by atoms with van der Waals surface area (Å²) in [5, 5.41) is 10.7. The lowest BCUT2D eigenvalue weighted by Gasteiger charge is -2.23. The van der Waals surface area contributed by atoms with E-state index in [2.05, 4.69) is 0 Å². The molecule has 1 aliphatic rings. The number of nitro benzene ring substituents is 1. The van der Waals surface area contributed by atoms with Gasteiger partial charge in [0.2, 0.25) is 0 Å². The van der Waals surface area contributed by atoms with Crippen molar-refractivity contribution < 1.29 is 28.8 Å². The average Bonchev–Trinajstić information content (AvgIpc) is 3.07. The molecule has 2 rings (SSSR count). The summed E-state index contributed by atoms with van der Waals surface area (Å²) in [5.74, 6) is 0.931. The van der Waals surface area contributed by atoms with Gasteiger partial charge in [0, 0.05) is 55.3 Å². The largest absolute Gasteiger partial charge is 0.465 e. The van der Waals surface area contributed by atoms with Gasteiger partial charge in [0.05, 0.1) is 4.92 Å². The maximum atomic E-state index is 12.6. The number of amides is 1. The first-order chi connectivity index (χ1) is 14.3. The Morgan fingerprint density at radius 1 is 1.20 bits per heavy atom. The van der Waals surface area contributed by atoms with Crippen LogP contribution in [0.25, 0.3) is 0 Å². The van der Waals surface area contributed by atoms with Gasteiger partial charge in [-0.1, -0.05) is 11.8 Å². The lowest BCUT2D eigenvalue weighted by atomic mass is 10.2. The van der Waals surface area contributed by atoms with Gasteiger partial charge in [0.25, 0.3) is 5.69 Å². The van der Waals surface area contributed by atoms with Crippen LogP contribution in [0.3, 0.4) is 0 Å². The third-order valence-corrected chi connectivity index (χ3v) is 6.38. The van der Waals surface area contributed by atoms with Crippen molar-refractivity contribution in [2.45, 2.75) is 38.2 Å². The van der Waals surface area contributed by atoms with Crippen molar-refractivity contribution in [3.8, 4) is 0 Å². The Labute approximate surface area is 183 Å². The second kappa shape index (κ2) is 11.8. The van der Waals surface area contributed by atoms with Gasteiger partial charge in [-0.15, -0.1) is 0 Å². The van der Waals surface area contributed by atoms with Crippen LogP contribution < -0.4 is 0 Å². The Balaban J connectivity index is 1.90. The second-order valence-corrected chi connectivity index (χ2v) is 9.29. The molecule has 0 aliphatic carbocycles. The van der Waals surface area contributed by atoms with E-state index in [1.54, 1.807) is 28.8 Å². The minimum Gasteiger partial charge on any atom is -0.465 e. The summed E-state index contributed by atoms with van der Waals surface area (Å²) in [5.41, 5.74) is 0.620. The van der Waals surface area contributed by atoms with Crippen molar-refractivity contribution >= 4 is 46.4 Å². The molecule has 9 nitrogen and oxygen atoms in total. The van der Waals surface area contributed by atoms with Crippen LogP contribution >= 0.6 is 23.5 Å². The number of benzene rings is 1. The van der Waals surface area contributed by atoms with Gasteiger partial charge in [-0.3, -0.25) is 19.7 Å². The molecule has 0 saturated carbocycles. The van der Waals surface area contributed by atoms with E-state index in [9.17, 15) is 24.5 Å². The summed E-state index contributed by atoms with van der Waals surface area (Å²) in [6.45, 7) is 3.59. The molecule has 1 aliphatic heterocycles. The minimum atomic E-state index is -0.490. The standard InChI is InChI=1S/C19H24N2O7S2/c1-13(22)27-7-8-29-12-17-9-18(30-14(2)23)10-20(17)19(24)28-11-15-3-5-16(6-4-15)21(25)26/h3-6,17-18H,7-12H2,1-2H3/t17-,18-/m0/s1. The number of esters is 1. The van der Waals surface area contributed by atoms with Gasteiger partial charge in [-0.2, -0.15) is 11.8 Å². The highest BCUT2D eigenvalue weighted by atomic mass is 32.2. The summed E-state index contributed by atoms with van der Waals surface area (Å²) in [4.78, 5) is 46.8. The molecule has 0 aromatic heterocycles. The molecule has 1 aromatic rings. The Hall–Kier alpha value is -2.27. The number of thioether (sulfide) groups is 2. The quantitative estimate of drug-likeness (QED) is 0.239. The topological polar surface area (TPSA) is 116 Å². The molecule has 0 N–H and O–H groups in total. The smallest absolute Gasteiger partial charge is 0.410 e. The molecular formula is C19H24N2O7S2. The van der Waals surface area contributed by atoms with E-state index in [0.717, 1.165) is 0 Å². The van der Waals surface area contributed by atoms with Gasteiger partial charge >= 0.3 is 12.1 Å². The van der Waals surface area contributed by atoms with Crippen molar-refractivity contribution in [3.05, 3.63) is 39.9 Å². The number of non-ortho nitro benzene ring substituents is 1. The van der Waals surface area contributed by atoms with Crippen molar-refractivity contribution in [3.63, 3.8) is 0 Å². The molecule has 0 bridgehead atoms. The molecule has 1 heterocycles. The molecule has 164 valence electrons. The summed E-state index contributed by atoms with van der Waals surface area (Å²) >= 11 is 2.79. The maximum Gasteiger partial charge on any atom is 0.410 e. The first kappa shape index (κ1) is 24.0. The highest BCUT2D eigenvalue weighted by Gasteiger charge is 2.37. The number of ether oxygens (including phenoxy) is 2. The van der Waals surface area contributed by atoms with Gasteiger partial charge in [-0.05, 0) is 24.1 Å². The Morgan fingerprint density at radius 3 is 2.50 bits per heavy atom. The van der Waals surface area contributed by atoms with Crippen LogP contribution in [0.15, 0.2) is 24.3 Å². The number of carbonyl (C=O) groups is 3. The number of carbonyl (C=O) groups excluding carboxylic acids is 3. The number of rotatable bonds is 9. The highest BCUT2D eigenvalue weighted by molar-refractivity contribution is 8.14. The Bertz CT molecular complexity index is 773. The molecule has 2 atom stereocenters. The van der Waals surface area contributed by atoms with Gasteiger partial charge < -0.3 is 14.4 Å². The molecule has 1 amide bonds. The predicted octanol–water partition coefficient (Wildman–Crippen LogP) is 3.25. The van der Waals surface area contributed by atoms with Crippen LogP contribution in [0, 0.1) is 10.1 Å². The van der Waals surface area contributed by atoms with E-state index in [1.165, 1.54) is 37.7 Å². The van der Waals surface area contributed by atoms with Crippen LogP contribution in [-0.2, 0) is 25.7 Å². The number of nitrogens with zero attached hydrogens (tertiary/aromatic N) is 2. The number of hydrogen-bond acceptors (Lipinski definition) is 9. The monoisotopic (exact) mass is 456 g/mol. The van der Waals surface area contributed by atoms with Crippen molar-refractivity contribution in [2.75, 3.05) is 24.7 Å². The van der Waals surface area contributed by atoms with E-state index in [4.69, 9.17) is 9.47 Å². The average molecular weight is 457 g/mol. The summed E-state index contributed by atoms with van der Waals surface area (Å²) in [6, 6.07) is 5.73. The lowest BCUT2D eigenvalue weighted by molar-refractivity contribution is -0.384. The predicted molar refractivity (Wildman–Crippen MR) is 114 cm³/mol. The molecule has 0 unspecified atom stereocenters. The number of likely N-dealkylation sites (tertiary alicyclic amines) is 1. The van der Waals surface area contributed by atoms with E-state index in [-0.39, 0.29) is 34.7 Å². The summed E-state index contributed by atoms with van der Waals surface area (Å²) in [6.07, 6.45) is 0.197. The van der Waals surface area contributed by atoms with Crippen LogP contribution in [0.2, 0.25) is 0 Å². The first-order valence-electron chi connectivity index (χ1n) is 9.31. The van der Waals surface area contributed by atoms with Gasteiger partial charge in [-0.25, -0.2) is 4.79 Å². The van der Waals surface area contributed by atoms with Gasteiger partial charge in [0.1, 0.15) is 13.2 Å². The first-order valence-corrected chi connectivity index (χ1v) is 11.3. The normalized spacial score (nSPS) is 18.1. The molecule has 0 spiro atoms. The maximum absolute atomic E-state index is 12.6. The third kappa shape index (κ3) is 7.86. The fourth-order valence-corrected chi connectivity index (χ4v) is 4.96. The zero-order chi connectivity index (χ0) is 22.1. The lowest BCUT2D eigenvalue weighted by Crippen LogP contribution is -2.37. The molecule has 30 heavy (non-hydrogen) atoms. The van der Waals surface area contributed by atoms with Gasteiger partial charge in [0.15, 0.2) is 5.12 Å². The van der Waals surface area contributed by atoms with Crippen molar-refractivity contribution in [2.24, 2.45) is 0 Å². The van der Waals surface area contributed by atoms with E-state index in [1.807, 2.05) is 0 Å². The van der Waals surface area contributed by atoms with E-state index < -0.39 is 11.0 Å². The summed E-state index contributed by atoms with van der Waals surface area (Å²) in [7, 11) is 0. The van der Waals surface area contributed by atoms with Crippen LogP contribution in [-0.4, -0.2) is 63.0 Å². The molecule has 1 fully saturated rings. The fraction of sp³-hybridized carbons (Fsp3) is 0.526. The van der Waals surface area contributed by atoms with Crippen molar-refractivity contribution in [1.82, 2.24) is 4.90 Å². The van der Waals surface area contributed by atoms with Crippen molar-refractivity contribution in [1.29, 1.82) is 0 Å². The van der Waals surface area contributed by atoms with E-state index in [0.29, 0.717) is 36.6 Å². The van der Waals surface area contributed by atoms with E-state index >= 15 is 0 Å². The second-order valence-electron chi connectivity index (χ2n) is 6.67.